The molecule has 2 fully saturated rings. The average molecular weight is 481 g/mol. The Morgan fingerprint density at radius 2 is 1.88 bits per heavy atom. The summed E-state index contributed by atoms with van der Waals surface area (Å²) in [6.07, 6.45) is 1.83. The largest absolute Gasteiger partial charge is 0.389 e. The fourth-order valence-corrected chi connectivity index (χ4v) is 3.45. The van der Waals surface area contributed by atoms with Crippen LogP contribution in [-0.2, 0) is 16.6 Å². The minimum Gasteiger partial charge on any atom is -0.389 e. The number of piperazine rings is 1. The zero-order valence-corrected chi connectivity index (χ0v) is 20.4. The van der Waals surface area contributed by atoms with Crippen LogP contribution >= 0.6 is 11.6 Å². The monoisotopic (exact) mass is 480 g/mol. The van der Waals surface area contributed by atoms with E-state index in [9.17, 15) is 9.59 Å². The topological polar surface area (TPSA) is 113 Å². The van der Waals surface area contributed by atoms with Crippen molar-refractivity contribution in [3.05, 3.63) is 39.9 Å². The summed E-state index contributed by atoms with van der Waals surface area (Å²) in [7, 11) is 1.56. The van der Waals surface area contributed by atoms with Crippen LogP contribution in [0, 0.1) is 0 Å². The maximum Gasteiger partial charge on any atom is 0.290 e. The van der Waals surface area contributed by atoms with E-state index in [0.29, 0.717) is 17.5 Å². The first-order valence-electron chi connectivity index (χ1n) is 11.0. The predicted octanol–water partition coefficient (Wildman–Crippen LogP) is 1.69. The Morgan fingerprint density at radius 1 is 1.24 bits per heavy atom. The van der Waals surface area contributed by atoms with Gasteiger partial charge in [-0.2, -0.15) is 5.10 Å². The van der Waals surface area contributed by atoms with Crippen LogP contribution in [0.3, 0.4) is 0 Å². The lowest BCUT2D eigenvalue weighted by molar-refractivity contribution is -0.119. The van der Waals surface area contributed by atoms with Gasteiger partial charge in [0, 0.05) is 39.3 Å². The summed E-state index contributed by atoms with van der Waals surface area (Å²) in [6.45, 7) is 10.8. The number of aliphatic hydroxyl groups excluding tert-OH is 1. The maximum absolute atomic E-state index is 12.1. The third kappa shape index (κ3) is 7.78. The Morgan fingerprint density at radius 3 is 2.36 bits per heavy atom. The molecule has 4 heterocycles. The summed E-state index contributed by atoms with van der Waals surface area (Å²) in [5, 5.41) is 14.9. The lowest BCUT2D eigenvalue weighted by Gasteiger charge is -2.43. The second-order valence-corrected chi connectivity index (χ2v) is 7.80. The number of aliphatic hydroxyl groups is 1. The van der Waals surface area contributed by atoms with Crippen LogP contribution in [0.4, 0.5) is 17.2 Å². The van der Waals surface area contributed by atoms with Crippen molar-refractivity contribution < 1.29 is 14.6 Å². The summed E-state index contributed by atoms with van der Waals surface area (Å²) in [5.41, 5.74) is 1.18. The number of nitrogens with zero attached hydrogens (tertiary/aromatic N) is 5. The summed E-state index contributed by atoms with van der Waals surface area (Å²) < 4.78 is 6.48. The molecule has 10 nitrogen and oxygen atoms in total. The Balaban J connectivity index is 0.000000489. The van der Waals surface area contributed by atoms with E-state index in [4.69, 9.17) is 21.4 Å². The van der Waals surface area contributed by atoms with Crippen molar-refractivity contribution in [1.82, 2.24) is 19.7 Å². The van der Waals surface area contributed by atoms with Gasteiger partial charge in [0.15, 0.2) is 10.9 Å². The van der Waals surface area contributed by atoms with Crippen LogP contribution in [0.25, 0.3) is 0 Å². The molecule has 4 rings (SSSR count). The van der Waals surface area contributed by atoms with Crippen molar-refractivity contribution in [2.45, 2.75) is 26.8 Å². The van der Waals surface area contributed by atoms with Crippen LogP contribution in [0.5, 0.6) is 0 Å². The molecule has 2 aliphatic heterocycles. The van der Waals surface area contributed by atoms with Crippen molar-refractivity contribution >= 4 is 34.6 Å². The summed E-state index contributed by atoms with van der Waals surface area (Å²) in [4.78, 5) is 30.9. The number of ketones is 1. The molecule has 2 aliphatic rings. The molecule has 0 saturated carbocycles. The van der Waals surface area contributed by atoms with Crippen LogP contribution in [-0.4, -0.2) is 82.6 Å². The molecule has 0 aliphatic carbocycles. The van der Waals surface area contributed by atoms with E-state index in [1.807, 2.05) is 32.2 Å². The highest BCUT2D eigenvalue weighted by Crippen LogP contribution is 2.21. The van der Waals surface area contributed by atoms with Crippen LogP contribution in [0.1, 0.15) is 20.8 Å². The molecule has 2 N–H and O–H groups in total. The second kappa shape index (κ2) is 13.2. The number of rotatable bonds is 5. The van der Waals surface area contributed by atoms with Crippen molar-refractivity contribution in [2.75, 3.05) is 56.2 Å². The summed E-state index contributed by atoms with van der Waals surface area (Å²) >= 11 is 5.91. The Labute approximate surface area is 199 Å². The molecule has 2 aromatic rings. The number of hydrogen-bond donors (Lipinski definition) is 2. The molecule has 0 aromatic carbocycles. The molecular formula is C22H33ClN6O4. The van der Waals surface area contributed by atoms with Gasteiger partial charge in [-0.05, 0) is 19.1 Å². The summed E-state index contributed by atoms with van der Waals surface area (Å²) in [6, 6.07) is 5.99. The predicted molar refractivity (Wildman–Crippen MR) is 130 cm³/mol. The molecule has 0 unspecified atom stereocenters. The minimum absolute atomic E-state index is 0.190. The van der Waals surface area contributed by atoms with E-state index in [0.717, 1.165) is 45.1 Å². The Hall–Kier alpha value is -2.53. The molecular weight excluding hydrogens is 448 g/mol. The number of pyridine rings is 1. The maximum atomic E-state index is 12.1. The van der Waals surface area contributed by atoms with Gasteiger partial charge in [0.05, 0.1) is 31.1 Å². The number of carbonyl (C=O) groups excluding carboxylic acids is 1. The first-order chi connectivity index (χ1) is 15.9. The molecule has 0 atom stereocenters. The molecule has 0 bridgehead atoms. The Bertz CT molecular complexity index is 941. The fraction of sp³-hybridized carbons (Fsp3) is 0.545. The number of aromatic nitrogens is 3. The van der Waals surface area contributed by atoms with E-state index >= 15 is 0 Å². The molecule has 2 aromatic heterocycles. The van der Waals surface area contributed by atoms with E-state index < -0.39 is 0 Å². The SMILES string of the molecule is CC.CC(=O)CO.Cn1nc(Cl)cc(Nc2ccc(N3CCN(C4COC4)CC3)cn2)c1=O. The zero-order valence-electron chi connectivity index (χ0n) is 19.6. The molecule has 33 heavy (non-hydrogen) atoms. The highest BCUT2D eigenvalue weighted by Gasteiger charge is 2.28. The number of hydrogen-bond acceptors (Lipinski definition) is 9. The van der Waals surface area contributed by atoms with Gasteiger partial charge in [0.25, 0.3) is 5.56 Å². The van der Waals surface area contributed by atoms with Gasteiger partial charge < -0.3 is 20.1 Å². The van der Waals surface area contributed by atoms with Gasteiger partial charge in [-0.3, -0.25) is 14.5 Å². The highest BCUT2D eigenvalue weighted by molar-refractivity contribution is 6.29. The zero-order chi connectivity index (χ0) is 24.4. The first kappa shape index (κ1) is 26.7. The highest BCUT2D eigenvalue weighted by atomic mass is 35.5. The van der Waals surface area contributed by atoms with Gasteiger partial charge in [-0.15, -0.1) is 0 Å². The first-order valence-corrected chi connectivity index (χ1v) is 11.4. The van der Waals surface area contributed by atoms with Gasteiger partial charge in [-0.1, -0.05) is 25.4 Å². The number of ether oxygens (including phenoxy) is 1. The molecule has 11 heteroatoms. The molecule has 0 amide bonds. The quantitative estimate of drug-likeness (QED) is 0.659. The molecule has 182 valence electrons. The second-order valence-electron chi connectivity index (χ2n) is 7.41. The van der Waals surface area contributed by atoms with Crippen LogP contribution in [0.2, 0.25) is 5.15 Å². The van der Waals surface area contributed by atoms with E-state index in [-0.39, 0.29) is 23.1 Å². The minimum atomic E-state index is -0.333. The number of anilines is 3. The summed E-state index contributed by atoms with van der Waals surface area (Å²) in [5.74, 6) is 0.406. The van der Waals surface area contributed by atoms with Gasteiger partial charge >= 0.3 is 0 Å². The Kier molecular flexibility index (Phi) is 10.7. The standard InChI is InChI=1S/C17H21ClN6O2.C3H6O2.C2H6/c1-22-17(25)14(8-15(18)21-22)20-16-3-2-12(9-19-16)23-4-6-24(7-5-23)13-10-26-11-13;1-3(5)2-4;1-2/h2-3,8-9,13H,4-7,10-11H2,1H3,(H,19,20);4H,2H2,1H3;1-2H3. The number of aryl methyl sites for hydroxylation is 1. The third-order valence-corrected chi connectivity index (χ3v) is 5.27. The van der Waals surface area contributed by atoms with E-state index in [2.05, 4.69) is 25.2 Å². The van der Waals surface area contributed by atoms with Gasteiger partial charge in [0.1, 0.15) is 18.1 Å². The number of halogens is 1. The van der Waals surface area contributed by atoms with E-state index in [1.165, 1.54) is 17.7 Å². The fourth-order valence-electron chi connectivity index (χ4n) is 3.23. The van der Waals surface area contributed by atoms with Crippen molar-refractivity contribution in [1.29, 1.82) is 0 Å². The molecule has 0 radical (unpaired) electrons. The normalized spacial score (nSPS) is 16.0. The molecule has 0 spiro atoms. The van der Waals surface area contributed by atoms with Crippen LogP contribution in [0.15, 0.2) is 29.2 Å². The van der Waals surface area contributed by atoms with Gasteiger partial charge in [0.2, 0.25) is 0 Å². The van der Waals surface area contributed by atoms with E-state index in [1.54, 1.807) is 7.05 Å². The number of carbonyl (C=O) groups is 1. The lowest BCUT2D eigenvalue weighted by Crippen LogP contribution is -2.56. The van der Waals surface area contributed by atoms with Crippen molar-refractivity contribution in [3.63, 3.8) is 0 Å². The average Bonchev–Trinajstić information content (AvgIpc) is 2.79. The van der Waals surface area contributed by atoms with Crippen LogP contribution < -0.4 is 15.8 Å². The van der Waals surface area contributed by atoms with Crippen molar-refractivity contribution in [2.24, 2.45) is 7.05 Å². The number of nitrogens with one attached hydrogen (secondary N) is 1. The number of Topliss-reactive ketones (excluding diaryl/α,β-unsaturated/α-hetero) is 1. The third-order valence-electron chi connectivity index (χ3n) is 5.08. The smallest absolute Gasteiger partial charge is 0.290 e. The molecule has 2 saturated heterocycles. The van der Waals surface area contributed by atoms with Crippen molar-refractivity contribution in [3.8, 4) is 0 Å². The lowest BCUT2D eigenvalue weighted by atomic mass is 10.2. The van der Waals surface area contributed by atoms with Gasteiger partial charge in [-0.25, -0.2) is 9.67 Å².